The lowest BCUT2D eigenvalue weighted by Crippen LogP contribution is -2.40. The zero-order valence-electron chi connectivity index (χ0n) is 14.5. The molecule has 1 heterocycles. The van der Waals surface area contributed by atoms with Crippen molar-refractivity contribution >= 4 is 47.2 Å². The zero-order chi connectivity index (χ0) is 17.5. The number of anilines is 1. The van der Waals surface area contributed by atoms with Gasteiger partial charge in [-0.2, -0.15) is 0 Å². The third kappa shape index (κ3) is 6.12. The first-order valence-corrected chi connectivity index (χ1v) is 8.79. The molecule has 2 aromatic rings. The normalized spacial score (nSPS) is 16.6. The summed E-state index contributed by atoms with van der Waals surface area (Å²) in [5, 5.41) is 3.85. The Morgan fingerprint density at radius 3 is 2.58 bits per heavy atom. The molecule has 3 rings (SSSR count). The van der Waals surface area contributed by atoms with Gasteiger partial charge in [-0.15, -0.1) is 24.0 Å². The molecule has 1 unspecified atom stereocenters. The summed E-state index contributed by atoms with van der Waals surface area (Å²) in [5.41, 5.74) is 8.13. The van der Waals surface area contributed by atoms with Gasteiger partial charge in [0.25, 0.3) is 0 Å². The van der Waals surface area contributed by atoms with Gasteiger partial charge in [-0.1, -0.05) is 41.9 Å². The summed E-state index contributed by atoms with van der Waals surface area (Å²) >= 11 is 6.18. The molecule has 0 aliphatic carbocycles. The lowest BCUT2D eigenvalue weighted by molar-refractivity contribution is 0.0180. The fourth-order valence-electron chi connectivity index (χ4n) is 2.93. The summed E-state index contributed by atoms with van der Waals surface area (Å²) < 4.78 is 5.47. The van der Waals surface area contributed by atoms with Crippen LogP contribution in [-0.2, 0) is 4.74 Å². The first kappa shape index (κ1) is 21.0. The van der Waals surface area contributed by atoms with Crippen LogP contribution in [0, 0.1) is 0 Å². The molecule has 0 radical (unpaired) electrons. The Morgan fingerprint density at radius 2 is 1.88 bits per heavy atom. The van der Waals surface area contributed by atoms with Gasteiger partial charge in [0, 0.05) is 23.8 Å². The van der Waals surface area contributed by atoms with Gasteiger partial charge >= 0.3 is 0 Å². The number of guanidine groups is 1. The molecule has 1 fully saturated rings. The molecule has 7 heteroatoms. The van der Waals surface area contributed by atoms with E-state index in [9.17, 15) is 0 Å². The molecular formula is C19H24ClIN4O. The standard InChI is InChI=1S/C19H23ClN4O.HI/c20-16-6-4-5-15(13-16)18(24-9-11-25-12-10-24)14-22-19(21)23-17-7-2-1-3-8-17;/h1-8,13,18H,9-12,14H2,(H3,21,22,23);1H. The molecule has 1 atom stereocenters. The second-order valence-corrected chi connectivity index (χ2v) is 6.37. The fraction of sp³-hybridized carbons (Fsp3) is 0.316. The third-order valence-electron chi connectivity index (χ3n) is 4.20. The van der Waals surface area contributed by atoms with E-state index in [1.165, 1.54) is 0 Å². The second-order valence-electron chi connectivity index (χ2n) is 5.94. The molecule has 140 valence electrons. The van der Waals surface area contributed by atoms with Crippen molar-refractivity contribution in [3.63, 3.8) is 0 Å². The van der Waals surface area contributed by atoms with Gasteiger partial charge in [-0.3, -0.25) is 9.89 Å². The highest BCUT2D eigenvalue weighted by atomic mass is 127. The number of hydrogen-bond acceptors (Lipinski definition) is 3. The van der Waals surface area contributed by atoms with E-state index in [-0.39, 0.29) is 30.0 Å². The quantitative estimate of drug-likeness (QED) is 0.384. The fourth-order valence-corrected chi connectivity index (χ4v) is 3.13. The largest absolute Gasteiger partial charge is 0.379 e. The van der Waals surface area contributed by atoms with E-state index in [4.69, 9.17) is 22.1 Å². The van der Waals surface area contributed by atoms with E-state index in [1.807, 2.05) is 48.5 Å². The van der Waals surface area contributed by atoms with Gasteiger partial charge in [-0.25, -0.2) is 0 Å². The lowest BCUT2D eigenvalue weighted by atomic mass is 10.0. The molecule has 5 nitrogen and oxygen atoms in total. The highest BCUT2D eigenvalue weighted by Crippen LogP contribution is 2.24. The number of rotatable bonds is 5. The summed E-state index contributed by atoms with van der Waals surface area (Å²) in [4.78, 5) is 6.93. The first-order valence-electron chi connectivity index (χ1n) is 8.41. The number of nitrogens with one attached hydrogen (secondary N) is 1. The number of para-hydroxylation sites is 1. The molecule has 1 saturated heterocycles. The van der Waals surface area contributed by atoms with Gasteiger partial charge in [0.15, 0.2) is 5.96 Å². The molecule has 1 aliphatic heterocycles. The van der Waals surface area contributed by atoms with Crippen molar-refractivity contribution in [2.45, 2.75) is 6.04 Å². The van der Waals surface area contributed by atoms with Gasteiger partial charge < -0.3 is 15.8 Å². The third-order valence-corrected chi connectivity index (χ3v) is 4.44. The van der Waals surface area contributed by atoms with Crippen molar-refractivity contribution < 1.29 is 4.74 Å². The van der Waals surface area contributed by atoms with Crippen molar-refractivity contribution in [3.8, 4) is 0 Å². The van der Waals surface area contributed by atoms with Crippen LogP contribution in [-0.4, -0.2) is 43.7 Å². The Labute approximate surface area is 176 Å². The van der Waals surface area contributed by atoms with E-state index in [1.54, 1.807) is 0 Å². The smallest absolute Gasteiger partial charge is 0.193 e. The number of nitrogens with two attached hydrogens (primary N) is 1. The zero-order valence-corrected chi connectivity index (χ0v) is 17.6. The Hall–Kier alpha value is -1.35. The minimum atomic E-state index is 0. The highest BCUT2D eigenvalue weighted by molar-refractivity contribution is 14.0. The van der Waals surface area contributed by atoms with E-state index in [0.29, 0.717) is 12.5 Å². The van der Waals surface area contributed by atoms with Gasteiger partial charge in [-0.05, 0) is 29.8 Å². The summed E-state index contributed by atoms with van der Waals surface area (Å²) in [6, 6.07) is 17.9. The first-order chi connectivity index (χ1) is 12.2. The van der Waals surface area contributed by atoms with Crippen molar-refractivity contribution in [2.75, 3.05) is 38.2 Å². The predicted octanol–water partition coefficient (Wildman–Crippen LogP) is 3.76. The minimum absolute atomic E-state index is 0. The van der Waals surface area contributed by atoms with Gasteiger partial charge in [0.05, 0.1) is 25.8 Å². The average molecular weight is 487 g/mol. The number of hydrogen-bond donors (Lipinski definition) is 2. The maximum atomic E-state index is 6.18. The van der Waals surface area contributed by atoms with E-state index >= 15 is 0 Å². The van der Waals surface area contributed by atoms with Crippen LogP contribution in [0.4, 0.5) is 5.69 Å². The Kier molecular flexibility index (Phi) is 8.64. The van der Waals surface area contributed by atoms with Crippen LogP contribution in [0.25, 0.3) is 0 Å². The maximum absolute atomic E-state index is 6.18. The molecule has 1 aliphatic rings. The number of morpholine rings is 1. The summed E-state index contributed by atoms with van der Waals surface area (Å²) in [6.07, 6.45) is 0. The van der Waals surface area contributed by atoms with Gasteiger partial charge in [0.1, 0.15) is 0 Å². The topological polar surface area (TPSA) is 62.9 Å². The number of benzene rings is 2. The summed E-state index contributed by atoms with van der Waals surface area (Å²) in [6.45, 7) is 3.78. The van der Waals surface area contributed by atoms with E-state index < -0.39 is 0 Å². The monoisotopic (exact) mass is 486 g/mol. The number of halogens is 2. The Morgan fingerprint density at radius 1 is 1.15 bits per heavy atom. The maximum Gasteiger partial charge on any atom is 0.193 e. The Bertz CT molecular complexity index is 708. The second kappa shape index (κ2) is 10.7. The molecule has 0 aromatic heterocycles. The lowest BCUT2D eigenvalue weighted by Gasteiger charge is -2.34. The highest BCUT2D eigenvalue weighted by Gasteiger charge is 2.22. The molecule has 0 amide bonds. The van der Waals surface area contributed by atoms with Crippen LogP contribution in [0.3, 0.4) is 0 Å². The van der Waals surface area contributed by atoms with Crippen LogP contribution in [0.2, 0.25) is 5.02 Å². The van der Waals surface area contributed by atoms with Crippen LogP contribution >= 0.6 is 35.6 Å². The van der Waals surface area contributed by atoms with E-state index in [2.05, 4.69) is 21.3 Å². The van der Waals surface area contributed by atoms with Crippen molar-refractivity contribution in [3.05, 3.63) is 65.2 Å². The average Bonchev–Trinajstić information content (AvgIpc) is 2.64. The number of ether oxygens (including phenoxy) is 1. The van der Waals surface area contributed by atoms with Crippen LogP contribution in [0.5, 0.6) is 0 Å². The van der Waals surface area contributed by atoms with Crippen molar-refractivity contribution in [1.82, 2.24) is 4.90 Å². The summed E-state index contributed by atoms with van der Waals surface area (Å²) in [7, 11) is 0. The molecule has 0 saturated carbocycles. The SMILES string of the molecule is I.NC(=NCC(c1cccc(Cl)c1)N1CCOCC1)Nc1ccccc1. The molecule has 3 N–H and O–H groups in total. The van der Waals surface area contributed by atoms with Crippen molar-refractivity contribution in [1.29, 1.82) is 0 Å². The van der Waals surface area contributed by atoms with Crippen molar-refractivity contribution in [2.24, 2.45) is 10.7 Å². The molecule has 0 bridgehead atoms. The van der Waals surface area contributed by atoms with Crippen LogP contribution < -0.4 is 11.1 Å². The number of nitrogens with zero attached hydrogens (tertiary/aromatic N) is 2. The number of aliphatic imine (C=N–C) groups is 1. The van der Waals surface area contributed by atoms with Gasteiger partial charge in [0.2, 0.25) is 0 Å². The van der Waals surface area contributed by atoms with Crippen LogP contribution in [0.1, 0.15) is 11.6 Å². The van der Waals surface area contributed by atoms with E-state index in [0.717, 1.165) is 42.6 Å². The molecule has 0 spiro atoms. The molecule has 26 heavy (non-hydrogen) atoms. The summed E-state index contributed by atoms with van der Waals surface area (Å²) in [5.74, 6) is 0.409. The predicted molar refractivity (Wildman–Crippen MR) is 119 cm³/mol. The Balaban J connectivity index is 0.00000243. The minimum Gasteiger partial charge on any atom is -0.379 e. The molecular weight excluding hydrogens is 463 g/mol. The van der Waals surface area contributed by atoms with Crippen LogP contribution in [0.15, 0.2) is 59.6 Å². The molecule has 2 aromatic carbocycles.